The van der Waals surface area contributed by atoms with Crippen molar-refractivity contribution in [1.29, 1.82) is 0 Å². The van der Waals surface area contributed by atoms with Gasteiger partial charge in [0.15, 0.2) is 0 Å². The zero-order valence-corrected chi connectivity index (χ0v) is 13.4. The number of amides is 1. The van der Waals surface area contributed by atoms with Crippen LogP contribution in [-0.2, 0) is 16.0 Å². The zero-order valence-electron chi connectivity index (χ0n) is 13.4. The summed E-state index contributed by atoms with van der Waals surface area (Å²) in [6, 6.07) is 9.12. The van der Waals surface area contributed by atoms with Gasteiger partial charge in [0, 0.05) is 12.5 Å². The molecule has 22 heavy (non-hydrogen) atoms. The van der Waals surface area contributed by atoms with Crippen LogP contribution in [0.4, 0.5) is 0 Å². The number of carbonyl (C=O) groups is 2. The Labute approximate surface area is 132 Å². The molecule has 2 atom stereocenters. The number of hydrogen-bond donors (Lipinski definition) is 1. The van der Waals surface area contributed by atoms with E-state index in [4.69, 9.17) is 0 Å². The molecular formula is C18H25NO3. The Morgan fingerprint density at radius 1 is 1.32 bits per heavy atom. The summed E-state index contributed by atoms with van der Waals surface area (Å²) in [6.45, 7) is 4.77. The summed E-state index contributed by atoms with van der Waals surface area (Å²) < 4.78 is 0. The minimum atomic E-state index is -0.894. The molecule has 4 heteroatoms. The van der Waals surface area contributed by atoms with Crippen LogP contribution in [0.25, 0.3) is 0 Å². The minimum absolute atomic E-state index is 0.00132. The topological polar surface area (TPSA) is 57.6 Å². The van der Waals surface area contributed by atoms with Crippen LogP contribution in [0, 0.1) is 11.8 Å². The summed E-state index contributed by atoms with van der Waals surface area (Å²) >= 11 is 0. The van der Waals surface area contributed by atoms with E-state index in [0.29, 0.717) is 25.3 Å². The van der Waals surface area contributed by atoms with Crippen molar-refractivity contribution >= 4 is 11.9 Å². The number of carboxylic acids is 1. The van der Waals surface area contributed by atoms with E-state index in [9.17, 15) is 14.7 Å². The second-order valence-corrected chi connectivity index (χ2v) is 6.53. The normalized spacial score (nSPS) is 19.7. The molecule has 0 bridgehead atoms. The smallest absolute Gasteiger partial charge is 0.326 e. The van der Waals surface area contributed by atoms with Crippen LogP contribution >= 0.6 is 0 Å². The van der Waals surface area contributed by atoms with Gasteiger partial charge in [-0.15, -0.1) is 0 Å². The fourth-order valence-corrected chi connectivity index (χ4v) is 3.22. The van der Waals surface area contributed by atoms with Crippen LogP contribution in [0.1, 0.15) is 38.7 Å². The zero-order chi connectivity index (χ0) is 16.1. The van der Waals surface area contributed by atoms with Gasteiger partial charge in [0.2, 0.25) is 5.91 Å². The molecule has 1 aliphatic heterocycles. The molecule has 0 saturated carbocycles. The highest BCUT2D eigenvalue weighted by Crippen LogP contribution is 2.27. The first-order chi connectivity index (χ1) is 10.5. The molecule has 0 aromatic heterocycles. The molecule has 1 amide bonds. The van der Waals surface area contributed by atoms with Gasteiger partial charge in [0.25, 0.3) is 0 Å². The first kappa shape index (κ1) is 16.5. The van der Waals surface area contributed by atoms with Crippen LogP contribution in [0.2, 0.25) is 0 Å². The molecule has 1 saturated heterocycles. The quantitative estimate of drug-likeness (QED) is 0.842. The second-order valence-electron chi connectivity index (χ2n) is 6.53. The summed E-state index contributed by atoms with van der Waals surface area (Å²) in [6.07, 6.45) is 2.78. The SMILES string of the molecule is CC(C)C[C@H]1CCN(C(CCc2ccccc2)C(=O)O)C1=O. The molecule has 1 N–H and O–H groups in total. The van der Waals surface area contributed by atoms with Crippen LogP contribution in [0.15, 0.2) is 30.3 Å². The van der Waals surface area contributed by atoms with E-state index in [-0.39, 0.29) is 11.8 Å². The van der Waals surface area contributed by atoms with Gasteiger partial charge in [-0.3, -0.25) is 4.79 Å². The van der Waals surface area contributed by atoms with Crippen molar-refractivity contribution in [3.05, 3.63) is 35.9 Å². The third kappa shape index (κ3) is 4.09. The average molecular weight is 303 g/mol. The number of benzene rings is 1. The number of carbonyl (C=O) groups excluding carboxylic acids is 1. The number of aliphatic carboxylic acids is 1. The summed E-state index contributed by atoms with van der Waals surface area (Å²) in [5.41, 5.74) is 1.11. The summed E-state index contributed by atoms with van der Waals surface area (Å²) in [5, 5.41) is 9.50. The lowest BCUT2D eigenvalue weighted by molar-refractivity contribution is -0.149. The maximum absolute atomic E-state index is 12.5. The van der Waals surface area contributed by atoms with Gasteiger partial charge in [-0.1, -0.05) is 44.2 Å². The lowest BCUT2D eigenvalue weighted by Crippen LogP contribution is -2.43. The lowest BCUT2D eigenvalue weighted by atomic mass is 9.96. The van der Waals surface area contributed by atoms with Crippen molar-refractivity contribution in [2.45, 2.75) is 45.6 Å². The van der Waals surface area contributed by atoms with Crippen LogP contribution in [-0.4, -0.2) is 34.5 Å². The Kier molecular flexibility index (Phi) is 5.58. The maximum Gasteiger partial charge on any atom is 0.326 e. The van der Waals surface area contributed by atoms with Crippen molar-refractivity contribution in [2.24, 2.45) is 11.8 Å². The van der Waals surface area contributed by atoms with Crippen molar-refractivity contribution < 1.29 is 14.7 Å². The standard InChI is InChI=1S/C18H25NO3/c1-13(2)12-15-10-11-19(17(15)20)16(18(21)22)9-8-14-6-4-3-5-7-14/h3-7,13,15-16H,8-12H2,1-2H3,(H,21,22)/t15-,16?/m1/s1. The molecule has 0 spiro atoms. The van der Waals surface area contributed by atoms with Gasteiger partial charge in [-0.2, -0.15) is 0 Å². The van der Waals surface area contributed by atoms with Crippen LogP contribution in [0.5, 0.6) is 0 Å². The largest absolute Gasteiger partial charge is 0.480 e. The predicted molar refractivity (Wildman–Crippen MR) is 85.5 cm³/mol. The van der Waals surface area contributed by atoms with Gasteiger partial charge >= 0.3 is 5.97 Å². The van der Waals surface area contributed by atoms with Gasteiger partial charge in [0.1, 0.15) is 6.04 Å². The lowest BCUT2D eigenvalue weighted by Gasteiger charge is -2.25. The molecule has 1 heterocycles. The Morgan fingerprint density at radius 3 is 2.59 bits per heavy atom. The van der Waals surface area contributed by atoms with E-state index < -0.39 is 12.0 Å². The highest BCUT2D eigenvalue weighted by Gasteiger charge is 2.38. The first-order valence-electron chi connectivity index (χ1n) is 8.06. The monoisotopic (exact) mass is 303 g/mol. The fraction of sp³-hybridized carbons (Fsp3) is 0.556. The average Bonchev–Trinajstić information content (AvgIpc) is 2.81. The van der Waals surface area contributed by atoms with Gasteiger partial charge in [-0.05, 0) is 37.2 Å². The Balaban J connectivity index is 1.99. The molecule has 1 aromatic rings. The number of rotatable bonds is 7. The van der Waals surface area contributed by atoms with Gasteiger partial charge in [0.05, 0.1) is 0 Å². The number of hydrogen-bond acceptors (Lipinski definition) is 2. The summed E-state index contributed by atoms with van der Waals surface area (Å²) in [5.74, 6) is -0.413. The summed E-state index contributed by atoms with van der Waals surface area (Å²) in [4.78, 5) is 25.6. The van der Waals surface area contributed by atoms with E-state index in [1.807, 2.05) is 30.3 Å². The molecule has 2 rings (SSSR count). The molecule has 4 nitrogen and oxygen atoms in total. The minimum Gasteiger partial charge on any atom is -0.480 e. The molecule has 0 aliphatic carbocycles. The van der Waals surface area contributed by atoms with E-state index in [1.165, 1.54) is 0 Å². The van der Waals surface area contributed by atoms with E-state index >= 15 is 0 Å². The van der Waals surface area contributed by atoms with Crippen molar-refractivity contribution in [2.75, 3.05) is 6.54 Å². The Hall–Kier alpha value is -1.84. The molecule has 1 aromatic carbocycles. The molecular weight excluding hydrogens is 278 g/mol. The number of aryl methyl sites for hydroxylation is 1. The number of nitrogens with zero attached hydrogens (tertiary/aromatic N) is 1. The van der Waals surface area contributed by atoms with Crippen molar-refractivity contribution in [3.8, 4) is 0 Å². The molecule has 0 radical (unpaired) electrons. The third-order valence-electron chi connectivity index (χ3n) is 4.32. The maximum atomic E-state index is 12.5. The highest BCUT2D eigenvalue weighted by atomic mass is 16.4. The third-order valence-corrected chi connectivity index (χ3v) is 4.32. The predicted octanol–water partition coefficient (Wildman–Crippen LogP) is 2.97. The Morgan fingerprint density at radius 2 is 2.00 bits per heavy atom. The second kappa shape index (κ2) is 7.43. The molecule has 120 valence electrons. The van der Waals surface area contributed by atoms with Crippen LogP contribution in [0.3, 0.4) is 0 Å². The van der Waals surface area contributed by atoms with Gasteiger partial charge in [-0.25, -0.2) is 4.79 Å². The number of carboxylic acid groups (broad SMARTS) is 1. The highest BCUT2D eigenvalue weighted by molar-refractivity contribution is 5.86. The first-order valence-corrected chi connectivity index (χ1v) is 8.06. The van der Waals surface area contributed by atoms with Crippen molar-refractivity contribution in [1.82, 2.24) is 4.90 Å². The molecule has 1 fully saturated rings. The van der Waals surface area contributed by atoms with Crippen molar-refractivity contribution in [3.63, 3.8) is 0 Å². The molecule has 1 unspecified atom stereocenters. The van der Waals surface area contributed by atoms with Gasteiger partial charge < -0.3 is 10.0 Å². The fourth-order valence-electron chi connectivity index (χ4n) is 3.22. The van der Waals surface area contributed by atoms with E-state index in [2.05, 4.69) is 13.8 Å². The van der Waals surface area contributed by atoms with E-state index in [1.54, 1.807) is 4.90 Å². The summed E-state index contributed by atoms with van der Waals surface area (Å²) in [7, 11) is 0. The van der Waals surface area contributed by atoms with E-state index in [0.717, 1.165) is 18.4 Å². The van der Waals surface area contributed by atoms with Crippen LogP contribution < -0.4 is 0 Å². The number of likely N-dealkylation sites (tertiary alicyclic amines) is 1. The molecule has 1 aliphatic rings. The Bertz CT molecular complexity index is 512.